The molecule has 2 N–H and O–H groups in total. The Morgan fingerprint density at radius 2 is 2.05 bits per heavy atom. The molecular weight excluding hydrogens is 330 g/mol. The highest BCUT2D eigenvalue weighted by atomic mass is 35.5. The Balaban J connectivity index is 0.00000242. The van der Waals surface area contributed by atoms with Gasteiger partial charge in [0.25, 0.3) is 0 Å². The van der Waals surface area contributed by atoms with E-state index in [9.17, 15) is 13.2 Å². The molecule has 2 fully saturated rings. The second kappa shape index (κ2) is 8.44. The monoisotopic (exact) mass is 355 g/mol. The summed E-state index contributed by atoms with van der Waals surface area (Å²) in [6, 6.07) is 0. The number of carbonyl (C=O) groups is 1. The van der Waals surface area contributed by atoms with Crippen LogP contribution in [0.3, 0.4) is 0 Å². The largest absolute Gasteiger partial charge is 0.384 e. The van der Waals surface area contributed by atoms with Gasteiger partial charge >= 0.3 is 0 Å². The van der Waals surface area contributed by atoms with Gasteiger partial charge in [-0.25, -0.2) is 8.42 Å². The smallest absolute Gasteiger partial charge is 0.235 e. The maximum atomic E-state index is 12.0. The summed E-state index contributed by atoms with van der Waals surface area (Å²) in [4.78, 5) is 12.0. The van der Waals surface area contributed by atoms with Crippen molar-refractivity contribution >= 4 is 28.3 Å². The van der Waals surface area contributed by atoms with Gasteiger partial charge in [-0.1, -0.05) is 0 Å². The van der Waals surface area contributed by atoms with Gasteiger partial charge in [0.05, 0.1) is 18.9 Å². The van der Waals surface area contributed by atoms with Crippen LogP contribution in [0.1, 0.15) is 19.3 Å². The third-order valence-electron chi connectivity index (χ3n) is 4.30. The Bertz CT molecular complexity index is 460. The van der Waals surface area contributed by atoms with E-state index in [1.165, 1.54) is 4.31 Å². The van der Waals surface area contributed by atoms with Crippen molar-refractivity contribution in [2.75, 3.05) is 52.2 Å². The minimum Gasteiger partial charge on any atom is -0.384 e. The van der Waals surface area contributed by atoms with Crippen LogP contribution in [0.5, 0.6) is 0 Å². The molecule has 0 radical (unpaired) electrons. The predicted molar refractivity (Wildman–Crippen MR) is 86.6 cm³/mol. The number of methoxy groups -OCH3 is 1. The lowest BCUT2D eigenvalue weighted by Crippen LogP contribution is -2.48. The van der Waals surface area contributed by atoms with Gasteiger partial charge in [0.2, 0.25) is 15.9 Å². The number of ether oxygens (including phenoxy) is 1. The van der Waals surface area contributed by atoms with E-state index in [1.807, 2.05) is 0 Å². The number of rotatable bonds is 6. The molecule has 0 atom stereocenters. The highest BCUT2D eigenvalue weighted by Crippen LogP contribution is 2.28. The lowest BCUT2D eigenvalue weighted by atomic mass is 9.79. The molecule has 0 aromatic heterocycles. The molecule has 2 saturated heterocycles. The normalized spacial score (nSPS) is 23.7. The van der Waals surface area contributed by atoms with Gasteiger partial charge < -0.3 is 15.4 Å². The van der Waals surface area contributed by atoms with Crippen molar-refractivity contribution in [2.45, 2.75) is 19.3 Å². The maximum absolute atomic E-state index is 12.0. The van der Waals surface area contributed by atoms with Gasteiger partial charge in [0.1, 0.15) is 0 Å². The van der Waals surface area contributed by atoms with E-state index < -0.39 is 10.0 Å². The van der Waals surface area contributed by atoms with Crippen molar-refractivity contribution in [1.29, 1.82) is 0 Å². The van der Waals surface area contributed by atoms with E-state index in [1.54, 1.807) is 7.11 Å². The third kappa shape index (κ3) is 5.06. The van der Waals surface area contributed by atoms with Crippen LogP contribution in [-0.4, -0.2) is 70.8 Å². The zero-order valence-electron chi connectivity index (χ0n) is 13.0. The SMILES string of the molecule is COCC1(CNC(=O)CN2CCCS2(=O)=O)CCNCC1.Cl. The van der Waals surface area contributed by atoms with Crippen LogP contribution in [0.4, 0.5) is 0 Å². The van der Waals surface area contributed by atoms with Crippen molar-refractivity contribution < 1.29 is 17.9 Å². The number of carbonyl (C=O) groups excluding carboxylic acids is 1. The number of hydrogen-bond acceptors (Lipinski definition) is 5. The maximum Gasteiger partial charge on any atom is 0.235 e. The number of piperidine rings is 1. The van der Waals surface area contributed by atoms with E-state index in [2.05, 4.69) is 10.6 Å². The van der Waals surface area contributed by atoms with Gasteiger partial charge in [-0.2, -0.15) is 4.31 Å². The first-order valence-corrected chi connectivity index (χ1v) is 9.03. The summed E-state index contributed by atoms with van der Waals surface area (Å²) in [5, 5.41) is 6.19. The van der Waals surface area contributed by atoms with Gasteiger partial charge in [-0.15, -0.1) is 12.4 Å². The molecule has 0 aromatic carbocycles. The number of sulfonamides is 1. The summed E-state index contributed by atoms with van der Waals surface area (Å²) in [6.07, 6.45) is 2.50. The average Bonchev–Trinajstić information content (AvgIpc) is 2.77. The lowest BCUT2D eigenvalue weighted by molar-refractivity contribution is -0.122. The van der Waals surface area contributed by atoms with Crippen LogP contribution in [0.2, 0.25) is 0 Å². The molecule has 1 amide bonds. The molecule has 130 valence electrons. The quantitative estimate of drug-likeness (QED) is 0.675. The molecule has 0 aromatic rings. The molecule has 0 aliphatic carbocycles. The number of amides is 1. The third-order valence-corrected chi connectivity index (χ3v) is 6.20. The summed E-state index contributed by atoms with van der Waals surface area (Å²) in [5.74, 6) is -0.0750. The highest BCUT2D eigenvalue weighted by Gasteiger charge is 2.34. The number of hydrogen-bond donors (Lipinski definition) is 2. The lowest BCUT2D eigenvalue weighted by Gasteiger charge is -2.37. The first kappa shape index (κ1) is 19.6. The van der Waals surface area contributed by atoms with Crippen LogP contribution in [0, 0.1) is 5.41 Å². The number of nitrogens with one attached hydrogen (secondary N) is 2. The molecule has 9 heteroatoms. The fourth-order valence-corrected chi connectivity index (χ4v) is 4.48. The summed E-state index contributed by atoms with van der Waals surface area (Å²) in [6.45, 7) is 3.36. The van der Waals surface area contributed by atoms with E-state index in [4.69, 9.17) is 4.74 Å². The molecule has 2 aliphatic heterocycles. The number of nitrogens with zero attached hydrogens (tertiary/aromatic N) is 1. The molecular formula is C13H26ClN3O4S. The van der Waals surface area contributed by atoms with Gasteiger partial charge in [-0.3, -0.25) is 4.79 Å². The van der Waals surface area contributed by atoms with Crippen molar-refractivity contribution in [3.05, 3.63) is 0 Å². The Morgan fingerprint density at radius 3 is 2.59 bits per heavy atom. The predicted octanol–water partition coefficient (Wildman–Crippen LogP) is -0.424. The first-order chi connectivity index (χ1) is 9.97. The summed E-state index contributed by atoms with van der Waals surface area (Å²) in [5.41, 5.74) is -0.0421. The molecule has 22 heavy (non-hydrogen) atoms. The van der Waals surface area contributed by atoms with Crippen LogP contribution < -0.4 is 10.6 Å². The van der Waals surface area contributed by atoms with E-state index in [0.717, 1.165) is 25.9 Å². The average molecular weight is 356 g/mol. The molecule has 0 spiro atoms. The molecule has 0 saturated carbocycles. The fraction of sp³-hybridized carbons (Fsp3) is 0.923. The second-order valence-electron chi connectivity index (χ2n) is 5.96. The van der Waals surface area contributed by atoms with E-state index >= 15 is 0 Å². The van der Waals surface area contributed by atoms with Crippen LogP contribution in [0.15, 0.2) is 0 Å². The van der Waals surface area contributed by atoms with Crippen molar-refractivity contribution in [2.24, 2.45) is 5.41 Å². The van der Waals surface area contributed by atoms with E-state index in [-0.39, 0.29) is 36.0 Å². The van der Waals surface area contributed by atoms with Gasteiger partial charge in [-0.05, 0) is 32.4 Å². The zero-order valence-corrected chi connectivity index (χ0v) is 14.6. The van der Waals surface area contributed by atoms with Crippen LogP contribution >= 0.6 is 12.4 Å². The molecule has 2 rings (SSSR count). The Morgan fingerprint density at radius 1 is 1.36 bits per heavy atom. The van der Waals surface area contributed by atoms with Crippen molar-refractivity contribution in [3.8, 4) is 0 Å². The minimum atomic E-state index is -3.21. The van der Waals surface area contributed by atoms with Crippen LogP contribution in [0.25, 0.3) is 0 Å². The van der Waals surface area contributed by atoms with Gasteiger partial charge in [0.15, 0.2) is 0 Å². The molecule has 2 aliphatic rings. The van der Waals surface area contributed by atoms with E-state index in [0.29, 0.717) is 26.1 Å². The second-order valence-corrected chi connectivity index (χ2v) is 8.05. The molecule has 2 heterocycles. The number of halogens is 1. The molecule has 0 unspecified atom stereocenters. The fourth-order valence-electron chi connectivity index (χ4n) is 3.01. The molecule has 7 nitrogen and oxygen atoms in total. The summed E-state index contributed by atoms with van der Waals surface area (Å²) < 4.78 is 29.9. The standard InChI is InChI=1S/C13H25N3O4S.ClH/c1-20-11-13(3-5-14-6-4-13)10-15-12(17)9-16-7-2-8-21(16,18)19;/h14H,2-11H2,1H3,(H,15,17);1H. The zero-order chi connectivity index (χ0) is 15.3. The van der Waals surface area contributed by atoms with Crippen molar-refractivity contribution in [1.82, 2.24) is 14.9 Å². The Labute approximate surface area is 138 Å². The summed E-state index contributed by atoms with van der Waals surface area (Å²) in [7, 11) is -1.54. The topological polar surface area (TPSA) is 87.7 Å². The van der Waals surface area contributed by atoms with Crippen LogP contribution in [-0.2, 0) is 19.6 Å². The summed E-state index contributed by atoms with van der Waals surface area (Å²) >= 11 is 0. The first-order valence-electron chi connectivity index (χ1n) is 7.42. The molecule has 0 bridgehead atoms. The highest BCUT2D eigenvalue weighted by molar-refractivity contribution is 7.89. The van der Waals surface area contributed by atoms with Crippen molar-refractivity contribution in [3.63, 3.8) is 0 Å². The Hall–Kier alpha value is -0.410. The minimum absolute atomic E-state index is 0. The Kier molecular flexibility index (Phi) is 7.54. The van der Waals surface area contributed by atoms with Gasteiger partial charge in [0, 0.05) is 25.6 Å².